The number of thioether (sulfide) groups is 1. The minimum atomic E-state index is -0.00602. The molecule has 0 bridgehead atoms. The Balaban J connectivity index is 1.49. The Morgan fingerprint density at radius 2 is 2.12 bits per heavy atom. The van der Waals surface area contributed by atoms with Crippen LogP contribution < -0.4 is 9.47 Å². The molecule has 0 N–H and O–H groups in total. The molecule has 1 aliphatic heterocycles. The maximum absolute atomic E-state index is 12.5. The zero-order chi connectivity index (χ0) is 17.2. The molecule has 0 unspecified atom stereocenters. The highest BCUT2D eigenvalue weighted by molar-refractivity contribution is 7.99. The molecule has 0 saturated carbocycles. The van der Waals surface area contributed by atoms with Gasteiger partial charge >= 0.3 is 0 Å². The van der Waals surface area contributed by atoms with Crippen molar-refractivity contribution in [3.63, 3.8) is 0 Å². The molecule has 1 aromatic carbocycles. The van der Waals surface area contributed by atoms with Crippen LogP contribution in [0.4, 0.5) is 0 Å². The second-order valence-electron chi connectivity index (χ2n) is 5.31. The normalized spacial score (nSPS) is 12.5. The van der Waals surface area contributed by atoms with Crippen LogP contribution in [0.1, 0.15) is 17.3 Å². The number of rotatable bonds is 6. The van der Waals surface area contributed by atoms with Crippen LogP contribution in [0, 0.1) is 0 Å². The second kappa shape index (κ2) is 6.64. The number of carbonyl (C=O) groups is 1. The van der Waals surface area contributed by atoms with E-state index in [1.165, 1.54) is 11.8 Å². The number of nitrogens with zero attached hydrogens (tertiary/aromatic N) is 3. The summed E-state index contributed by atoms with van der Waals surface area (Å²) in [7, 11) is 0. The maximum atomic E-state index is 12.5. The monoisotopic (exact) mass is 357 g/mol. The van der Waals surface area contributed by atoms with Crippen molar-refractivity contribution in [2.45, 2.75) is 18.6 Å². The number of Topliss-reactive ketones (excluding diaryl/α,β-unsaturated/α-hetero) is 1. The van der Waals surface area contributed by atoms with Crippen LogP contribution >= 0.6 is 11.8 Å². The summed E-state index contributed by atoms with van der Waals surface area (Å²) < 4.78 is 17.9. The van der Waals surface area contributed by atoms with Crippen LogP contribution in [0.3, 0.4) is 0 Å². The van der Waals surface area contributed by atoms with Crippen LogP contribution in [0.5, 0.6) is 11.5 Å². The van der Waals surface area contributed by atoms with Gasteiger partial charge in [0, 0.05) is 12.1 Å². The molecule has 0 saturated heterocycles. The largest absolute Gasteiger partial charge is 0.461 e. The standard InChI is InChI=1S/C17H15N3O4S/c1-2-20-16(14-4-3-7-22-14)18-19-17(20)25-9-12(21)11-5-6-13-15(8-11)24-10-23-13/h3-8H,2,9-10H2,1H3. The molecule has 1 aliphatic rings. The van der Waals surface area contributed by atoms with Gasteiger partial charge in [-0.05, 0) is 37.3 Å². The number of ketones is 1. The summed E-state index contributed by atoms with van der Waals surface area (Å²) in [5.41, 5.74) is 0.588. The average Bonchev–Trinajstić information content (AvgIpc) is 3.38. The van der Waals surface area contributed by atoms with Gasteiger partial charge in [-0.25, -0.2) is 0 Å². The molecule has 3 aromatic rings. The summed E-state index contributed by atoms with van der Waals surface area (Å²) in [4.78, 5) is 12.5. The number of aromatic nitrogens is 3. The second-order valence-corrected chi connectivity index (χ2v) is 6.25. The van der Waals surface area contributed by atoms with E-state index >= 15 is 0 Å². The molecule has 8 heteroatoms. The van der Waals surface area contributed by atoms with Crippen molar-refractivity contribution in [1.29, 1.82) is 0 Å². The average molecular weight is 357 g/mol. The molecule has 7 nitrogen and oxygen atoms in total. The maximum Gasteiger partial charge on any atom is 0.231 e. The number of hydrogen-bond acceptors (Lipinski definition) is 7. The fourth-order valence-electron chi connectivity index (χ4n) is 2.55. The zero-order valence-electron chi connectivity index (χ0n) is 13.5. The van der Waals surface area contributed by atoms with Gasteiger partial charge in [-0.15, -0.1) is 10.2 Å². The SMILES string of the molecule is CCn1c(SCC(=O)c2ccc3c(c2)OCO3)nnc1-c1ccco1. The minimum absolute atomic E-state index is 0.00602. The predicted molar refractivity (Wildman–Crippen MR) is 91.0 cm³/mol. The first kappa shape index (κ1) is 15.8. The van der Waals surface area contributed by atoms with Gasteiger partial charge in [0.1, 0.15) is 0 Å². The van der Waals surface area contributed by atoms with Crippen molar-refractivity contribution in [2.75, 3.05) is 12.5 Å². The van der Waals surface area contributed by atoms with E-state index in [1.807, 2.05) is 17.6 Å². The number of hydrogen-bond donors (Lipinski definition) is 0. The lowest BCUT2D eigenvalue weighted by molar-refractivity contribution is 0.102. The van der Waals surface area contributed by atoms with Crippen molar-refractivity contribution in [3.05, 3.63) is 42.2 Å². The first-order chi connectivity index (χ1) is 12.3. The molecule has 128 valence electrons. The van der Waals surface area contributed by atoms with Crippen LogP contribution in [0.25, 0.3) is 11.6 Å². The number of ether oxygens (including phenoxy) is 2. The third-order valence-corrected chi connectivity index (χ3v) is 4.77. The van der Waals surface area contributed by atoms with E-state index in [9.17, 15) is 4.79 Å². The van der Waals surface area contributed by atoms with E-state index in [-0.39, 0.29) is 18.3 Å². The Kier molecular flexibility index (Phi) is 4.19. The molecule has 0 spiro atoms. The molecule has 0 atom stereocenters. The minimum Gasteiger partial charge on any atom is -0.461 e. The van der Waals surface area contributed by atoms with Crippen LogP contribution in [0.2, 0.25) is 0 Å². The van der Waals surface area contributed by atoms with Gasteiger partial charge in [0.25, 0.3) is 0 Å². The molecule has 0 amide bonds. The molecule has 3 heterocycles. The van der Waals surface area contributed by atoms with Crippen LogP contribution in [-0.2, 0) is 6.54 Å². The van der Waals surface area contributed by atoms with Gasteiger partial charge < -0.3 is 13.9 Å². The first-order valence-corrected chi connectivity index (χ1v) is 8.77. The van der Waals surface area contributed by atoms with Crippen molar-refractivity contribution >= 4 is 17.5 Å². The number of furan rings is 1. The summed E-state index contributed by atoms with van der Waals surface area (Å²) in [5, 5.41) is 9.05. The van der Waals surface area contributed by atoms with Gasteiger partial charge in [-0.3, -0.25) is 9.36 Å². The fraction of sp³-hybridized carbons (Fsp3) is 0.235. The predicted octanol–water partition coefficient (Wildman–Crippen LogP) is 3.26. The Bertz CT molecular complexity index is 905. The quantitative estimate of drug-likeness (QED) is 0.495. The van der Waals surface area contributed by atoms with E-state index in [0.717, 1.165) is 0 Å². The van der Waals surface area contributed by atoms with Gasteiger partial charge in [0.05, 0.1) is 12.0 Å². The smallest absolute Gasteiger partial charge is 0.231 e. The Morgan fingerprint density at radius 1 is 1.24 bits per heavy atom. The third-order valence-electron chi connectivity index (χ3n) is 3.80. The number of carbonyl (C=O) groups excluding carboxylic acids is 1. The van der Waals surface area contributed by atoms with E-state index in [2.05, 4.69) is 10.2 Å². The molecular formula is C17H15N3O4S. The van der Waals surface area contributed by atoms with Crippen molar-refractivity contribution < 1.29 is 18.7 Å². The summed E-state index contributed by atoms with van der Waals surface area (Å²) in [6.07, 6.45) is 1.60. The molecule has 0 aliphatic carbocycles. The van der Waals surface area contributed by atoms with Crippen LogP contribution in [-0.4, -0.2) is 33.1 Å². The molecule has 25 heavy (non-hydrogen) atoms. The van der Waals surface area contributed by atoms with E-state index in [4.69, 9.17) is 13.9 Å². The Morgan fingerprint density at radius 3 is 2.92 bits per heavy atom. The topological polar surface area (TPSA) is 79.4 Å². The van der Waals surface area contributed by atoms with E-state index < -0.39 is 0 Å². The molecule has 2 aromatic heterocycles. The lowest BCUT2D eigenvalue weighted by Crippen LogP contribution is -2.05. The number of fused-ring (bicyclic) bond motifs is 1. The Hall–Kier alpha value is -2.74. The highest BCUT2D eigenvalue weighted by atomic mass is 32.2. The van der Waals surface area contributed by atoms with E-state index in [0.29, 0.717) is 40.3 Å². The number of benzene rings is 1. The zero-order valence-corrected chi connectivity index (χ0v) is 14.3. The molecular weight excluding hydrogens is 342 g/mol. The van der Waals surface area contributed by atoms with E-state index in [1.54, 1.807) is 30.5 Å². The lowest BCUT2D eigenvalue weighted by Gasteiger charge is -2.06. The van der Waals surface area contributed by atoms with Gasteiger partial charge in [0.15, 0.2) is 34.0 Å². The van der Waals surface area contributed by atoms with Crippen molar-refractivity contribution in [2.24, 2.45) is 0 Å². The highest BCUT2D eigenvalue weighted by Crippen LogP contribution is 2.33. The summed E-state index contributed by atoms with van der Waals surface area (Å²) >= 11 is 1.35. The Labute approximate surface area is 147 Å². The molecule has 4 rings (SSSR count). The summed E-state index contributed by atoms with van der Waals surface area (Å²) in [6.45, 7) is 2.87. The molecule has 0 fully saturated rings. The lowest BCUT2D eigenvalue weighted by atomic mass is 10.1. The molecule has 0 radical (unpaired) electrons. The van der Waals surface area contributed by atoms with Crippen LogP contribution in [0.15, 0.2) is 46.2 Å². The van der Waals surface area contributed by atoms with Gasteiger partial charge in [-0.2, -0.15) is 0 Å². The van der Waals surface area contributed by atoms with Crippen molar-refractivity contribution in [1.82, 2.24) is 14.8 Å². The summed E-state index contributed by atoms with van der Waals surface area (Å²) in [6, 6.07) is 8.85. The third kappa shape index (κ3) is 3.00. The highest BCUT2D eigenvalue weighted by Gasteiger charge is 2.19. The van der Waals surface area contributed by atoms with Gasteiger partial charge in [-0.1, -0.05) is 11.8 Å². The van der Waals surface area contributed by atoms with Gasteiger partial charge in [0.2, 0.25) is 6.79 Å². The fourth-order valence-corrected chi connectivity index (χ4v) is 3.45. The first-order valence-electron chi connectivity index (χ1n) is 7.79. The summed E-state index contributed by atoms with van der Waals surface area (Å²) in [5.74, 6) is 2.84. The van der Waals surface area contributed by atoms with Crippen molar-refractivity contribution in [3.8, 4) is 23.1 Å².